The topological polar surface area (TPSA) is 52.0 Å². The molecule has 0 fully saturated rings. The molecule has 2 aromatic rings. The van der Waals surface area contributed by atoms with Gasteiger partial charge in [-0.15, -0.1) is 11.3 Å². The third-order valence-electron chi connectivity index (χ3n) is 2.19. The monoisotopic (exact) mass is 252 g/mol. The maximum absolute atomic E-state index is 5.57. The van der Waals surface area contributed by atoms with Crippen LogP contribution in [0.1, 0.15) is 17.6 Å². The Morgan fingerprint density at radius 2 is 2.41 bits per heavy atom. The molecule has 0 aliphatic heterocycles. The Morgan fingerprint density at radius 1 is 1.53 bits per heavy atom. The Hall–Kier alpha value is -1.40. The molecule has 0 radical (unpaired) electrons. The number of rotatable bonds is 6. The molecular weight excluding hydrogens is 236 g/mol. The molecule has 2 rings (SSSR count). The zero-order chi connectivity index (χ0) is 12.1. The minimum atomic E-state index is 0.494. The fourth-order valence-corrected chi connectivity index (χ4v) is 2.11. The molecular formula is C11H16N4OS. The lowest BCUT2D eigenvalue weighted by molar-refractivity contribution is 0.301. The van der Waals surface area contributed by atoms with E-state index in [1.165, 1.54) is 0 Å². The summed E-state index contributed by atoms with van der Waals surface area (Å²) >= 11 is 1.66. The highest BCUT2D eigenvalue weighted by Crippen LogP contribution is 2.13. The van der Waals surface area contributed by atoms with Gasteiger partial charge in [0.25, 0.3) is 0 Å². The molecule has 2 aromatic heterocycles. The van der Waals surface area contributed by atoms with Crippen molar-refractivity contribution in [2.24, 2.45) is 7.05 Å². The van der Waals surface area contributed by atoms with Crippen LogP contribution in [0.15, 0.2) is 17.8 Å². The lowest BCUT2D eigenvalue weighted by Gasteiger charge is -1.99. The van der Waals surface area contributed by atoms with Crippen molar-refractivity contribution in [1.29, 1.82) is 0 Å². The van der Waals surface area contributed by atoms with E-state index in [1.54, 1.807) is 22.2 Å². The number of nitrogens with zero attached hydrogens (tertiary/aromatic N) is 3. The largest absolute Gasteiger partial charge is 0.484 e. The second-order valence-corrected chi connectivity index (χ2v) is 4.59. The van der Waals surface area contributed by atoms with Crippen LogP contribution in [0.2, 0.25) is 0 Å². The summed E-state index contributed by atoms with van der Waals surface area (Å²) < 4.78 is 7.29. The van der Waals surface area contributed by atoms with Gasteiger partial charge in [-0.2, -0.15) is 5.10 Å². The van der Waals surface area contributed by atoms with E-state index in [0.29, 0.717) is 6.61 Å². The zero-order valence-corrected chi connectivity index (χ0v) is 10.8. The summed E-state index contributed by atoms with van der Waals surface area (Å²) in [6.45, 7) is 4.36. The molecule has 0 aromatic carbocycles. The van der Waals surface area contributed by atoms with Crippen LogP contribution in [0.4, 0.5) is 0 Å². The molecule has 0 spiro atoms. The first kappa shape index (κ1) is 12.1. The van der Waals surface area contributed by atoms with Crippen LogP contribution in [0.5, 0.6) is 5.75 Å². The Bertz CT molecular complexity index is 465. The van der Waals surface area contributed by atoms with Gasteiger partial charge >= 0.3 is 0 Å². The van der Waals surface area contributed by atoms with Gasteiger partial charge < -0.3 is 10.1 Å². The Labute approximate surface area is 104 Å². The van der Waals surface area contributed by atoms with Crippen molar-refractivity contribution in [2.45, 2.75) is 20.1 Å². The average molecular weight is 252 g/mol. The first-order valence-corrected chi connectivity index (χ1v) is 6.41. The van der Waals surface area contributed by atoms with Gasteiger partial charge in [0.2, 0.25) is 0 Å². The molecule has 1 N–H and O–H groups in total. The summed E-state index contributed by atoms with van der Waals surface area (Å²) in [6.07, 6.45) is 3.54. The summed E-state index contributed by atoms with van der Waals surface area (Å²) in [4.78, 5) is 4.47. The van der Waals surface area contributed by atoms with Crippen molar-refractivity contribution in [1.82, 2.24) is 20.1 Å². The lowest BCUT2D eigenvalue weighted by atomic mass is 10.5. The molecule has 0 unspecified atom stereocenters. The van der Waals surface area contributed by atoms with Crippen LogP contribution >= 0.6 is 11.3 Å². The summed E-state index contributed by atoms with van der Waals surface area (Å²) in [5.74, 6) is 0.772. The molecule has 6 heteroatoms. The van der Waals surface area contributed by atoms with Crippen molar-refractivity contribution in [2.75, 3.05) is 6.54 Å². The lowest BCUT2D eigenvalue weighted by Crippen LogP contribution is -2.11. The van der Waals surface area contributed by atoms with Crippen molar-refractivity contribution < 1.29 is 4.74 Å². The number of ether oxygens (including phenoxy) is 1. The maximum atomic E-state index is 5.57. The number of nitrogens with one attached hydrogen (secondary N) is 1. The van der Waals surface area contributed by atoms with Gasteiger partial charge in [0.05, 0.1) is 18.1 Å². The molecule has 5 nitrogen and oxygen atoms in total. The van der Waals surface area contributed by atoms with Crippen LogP contribution in [0.3, 0.4) is 0 Å². The molecule has 17 heavy (non-hydrogen) atoms. The summed E-state index contributed by atoms with van der Waals surface area (Å²) in [6, 6.07) is 0. The third kappa shape index (κ3) is 3.54. The normalized spacial score (nSPS) is 10.7. The van der Waals surface area contributed by atoms with Crippen molar-refractivity contribution in [3.63, 3.8) is 0 Å². The van der Waals surface area contributed by atoms with Gasteiger partial charge in [-0.1, -0.05) is 6.92 Å². The van der Waals surface area contributed by atoms with E-state index in [4.69, 9.17) is 4.74 Å². The molecule has 0 amide bonds. The minimum absolute atomic E-state index is 0.494. The fraction of sp³-hybridized carbons (Fsp3) is 0.455. The molecule has 2 heterocycles. The van der Waals surface area contributed by atoms with E-state index in [2.05, 4.69) is 22.3 Å². The number of hydrogen-bond acceptors (Lipinski definition) is 5. The standard InChI is InChI=1S/C11H16N4OS/c1-3-12-5-11-14-9(8-17-11)7-16-10-4-13-15(2)6-10/h4,6,8,12H,3,5,7H2,1-2H3. The Balaban J connectivity index is 1.84. The third-order valence-corrected chi connectivity index (χ3v) is 3.09. The molecule has 0 saturated carbocycles. The molecule has 0 saturated heterocycles. The van der Waals surface area contributed by atoms with Crippen molar-refractivity contribution >= 4 is 11.3 Å². The average Bonchev–Trinajstić information content (AvgIpc) is 2.93. The zero-order valence-electron chi connectivity index (χ0n) is 10.0. The Morgan fingerprint density at radius 3 is 3.12 bits per heavy atom. The van der Waals surface area contributed by atoms with Gasteiger partial charge in [-0.3, -0.25) is 4.68 Å². The summed E-state index contributed by atoms with van der Waals surface area (Å²) in [5, 5.41) is 10.4. The van der Waals surface area contributed by atoms with Crippen LogP contribution < -0.4 is 10.1 Å². The molecule has 0 bridgehead atoms. The highest BCUT2D eigenvalue weighted by atomic mass is 32.1. The van der Waals surface area contributed by atoms with Gasteiger partial charge in [0.1, 0.15) is 11.6 Å². The van der Waals surface area contributed by atoms with E-state index in [0.717, 1.165) is 29.5 Å². The van der Waals surface area contributed by atoms with Crippen LogP contribution in [0.25, 0.3) is 0 Å². The number of hydrogen-bond donors (Lipinski definition) is 1. The van der Waals surface area contributed by atoms with Crippen LogP contribution in [-0.2, 0) is 20.2 Å². The Kier molecular flexibility index (Phi) is 4.11. The first-order valence-electron chi connectivity index (χ1n) is 5.53. The van der Waals surface area contributed by atoms with Crippen LogP contribution in [0, 0.1) is 0 Å². The highest BCUT2D eigenvalue weighted by molar-refractivity contribution is 7.09. The predicted molar refractivity (Wildman–Crippen MR) is 67.0 cm³/mol. The van der Waals surface area contributed by atoms with Crippen LogP contribution in [-0.4, -0.2) is 21.3 Å². The van der Waals surface area contributed by atoms with E-state index in [1.807, 2.05) is 18.6 Å². The quantitative estimate of drug-likeness (QED) is 0.848. The van der Waals surface area contributed by atoms with Crippen molar-refractivity contribution in [3.05, 3.63) is 28.5 Å². The molecule has 92 valence electrons. The second-order valence-electron chi connectivity index (χ2n) is 3.65. The predicted octanol–water partition coefficient (Wildman–Crippen LogP) is 1.57. The molecule has 0 atom stereocenters. The van der Waals surface area contributed by atoms with Gasteiger partial charge in [-0.05, 0) is 6.54 Å². The highest BCUT2D eigenvalue weighted by Gasteiger charge is 2.03. The smallest absolute Gasteiger partial charge is 0.157 e. The maximum Gasteiger partial charge on any atom is 0.157 e. The van der Waals surface area contributed by atoms with E-state index >= 15 is 0 Å². The van der Waals surface area contributed by atoms with Gasteiger partial charge in [-0.25, -0.2) is 4.98 Å². The summed E-state index contributed by atoms with van der Waals surface area (Å²) in [7, 11) is 1.87. The number of aromatic nitrogens is 3. The SMILES string of the molecule is CCNCc1nc(COc2cnn(C)c2)cs1. The minimum Gasteiger partial charge on any atom is -0.484 e. The van der Waals surface area contributed by atoms with E-state index in [9.17, 15) is 0 Å². The number of aryl methyl sites for hydroxylation is 1. The van der Waals surface area contributed by atoms with Crippen molar-refractivity contribution in [3.8, 4) is 5.75 Å². The summed E-state index contributed by atoms with van der Waals surface area (Å²) in [5.41, 5.74) is 0.965. The number of thiazole rings is 1. The van der Waals surface area contributed by atoms with Gasteiger partial charge in [0.15, 0.2) is 5.75 Å². The molecule has 0 aliphatic rings. The van der Waals surface area contributed by atoms with E-state index in [-0.39, 0.29) is 0 Å². The van der Waals surface area contributed by atoms with E-state index < -0.39 is 0 Å². The molecule has 0 aliphatic carbocycles. The first-order chi connectivity index (χ1) is 8.28. The fourth-order valence-electron chi connectivity index (χ4n) is 1.36. The second kappa shape index (κ2) is 5.79. The van der Waals surface area contributed by atoms with Gasteiger partial charge in [0, 0.05) is 19.0 Å².